The molecular formula is C26H31NO3. The third-order valence-electron chi connectivity index (χ3n) is 7.74. The maximum absolute atomic E-state index is 12.4. The van der Waals surface area contributed by atoms with Gasteiger partial charge >= 0.3 is 6.09 Å². The summed E-state index contributed by atoms with van der Waals surface area (Å²) in [4.78, 5) is 14.1. The van der Waals surface area contributed by atoms with Gasteiger partial charge in [-0.25, -0.2) is 4.79 Å². The summed E-state index contributed by atoms with van der Waals surface area (Å²) in [5.41, 5.74) is 3.85. The lowest BCUT2D eigenvalue weighted by Crippen LogP contribution is -2.46. The Morgan fingerprint density at radius 1 is 1.03 bits per heavy atom. The number of amides is 1. The smallest absolute Gasteiger partial charge is 0.410 e. The third-order valence-corrected chi connectivity index (χ3v) is 7.74. The van der Waals surface area contributed by atoms with E-state index < -0.39 is 5.60 Å². The number of nitrogens with zero attached hydrogens (tertiary/aromatic N) is 1. The van der Waals surface area contributed by atoms with Crippen LogP contribution in [0.2, 0.25) is 0 Å². The summed E-state index contributed by atoms with van der Waals surface area (Å²) in [6.45, 7) is 1.44. The SMILES string of the molecule is O=C(OCc1ccccc1)N1CCC(O)(CCC2CC23CCc2ccccc23)CC1. The van der Waals surface area contributed by atoms with Crippen LogP contribution in [0.15, 0.2) is 54.6 Å². The molecule has 1 heterocycles. The van der Waals surface area contributed by atoms with Crippen molar-refractivity contribution in [2.24, 2.45) is 5.92 Å². The highest BCUT2D eigenvalue weighted by atomic mass is 16.6. The molecule has 5 rings (SSSR count). The van der Waals surface area contributed by atoms with E-state index in [4.69, 9.17) is 4.74 Å². The Balaban J connectivity index is 1.09. The molecule has 1 spiro atoms. The molecule has 1 saturated heterocycles. The molecule has 1 aliphatic heterocycles. The van der Waals surface area contributed by atoms with Gasteiger partial charge in [0.15, 0.2) is 0 Å². The van der Waals surface area contributed by atoms with Gasteiger partial charge in [0.1, 0.15) is 6.61 Å². The van der Waals surface area contributed by atoms with Gasteiger partial charge in [-0.2, -0.15) is 0 Å². The highest BCUT2D eigenvalue weighted by molar-refractivity contribution is 5.67. The van der Waals surface area contributed by atoms with Crippen LogP contribution in [0.4, 0.5) is 4.79 Å². The standard InChI is InChI=1S/C26H31NO3/c28-24(30-19-20-6-2-1-3-7-20)27-16-14-25(29,15-17-27)12-11-22-18-26(22)13-10-21-8-4-5-9-23(21)26/h1-9,22,29H,10-19H2. The average Bonchev–Trinajstić information content (AvgIpc) is 3.38. The predicted molar refractivity (Wildman–Crippen MR) is 116 cm³/mol. The lowest BCUT2D eigenvalue weighted by atomic mass is 9.84. The van der Waals surface area contributed by atoms with Gasteiger partial charge in [-0.3, -0.25) is 0 Å². The van der Waals surface area contributed by atoms with Crippen molar-refractivity contribution in [2.45, 2.75) is 62.6 Å². The fraction of sp³-hybridized carbons (Fsp3) is 0.500. The number of carbonyl (C=O) groups excluding carboxylic acids is 1. The summed E-state index contributed by atoms with van der Waals surface area (Å²) in [5, 5.41) is 11.1. The zero-order valence-electron chi connectivity index (χ0n) is 17.6. The first-order chi connectivity index (χ1) is 14.6. The monoisotopic (exact) mass is 405 g/mol. The number of piperidine rings is 1. The number of hydrogen-bond donors (Lipinski definition) is 1. The Morgan fingerprint density at radius 2 is 1.77 bits per heavy atom. The number of hydrogen-bond acceptors (Lipinski definition) is 3. The molecular weight excluding hydrogens is 374 g/mol. The minimum absolute atomic E-state index is 0.274. The first kappa shape index (κ1) is 19.6. The van der Waals surface area contributed by atoms with Crippen LogP contribution in [0, 0.1) is 5.92 Å². The van der Waals surface area contributed by atoms with Crippen LogP contribution in [0.1, 0.15) is 55.2 Å². The second-order valence-electron chi connectivity index (χ2n) is 9.50. The lowest BCUT2D eigenvalue weighted by Gasteiger charge is -2.38. The van der Waals surface area contributed by atoms with Crippen LogP contribution in [0.25, 0.3) is 0 Å². The van der Waals surface area contributed by atoms with Crippen LogP contribution in [0.3, 0.4) is 0 Å². The molecule has 2 atom stereocenters. The van der Waals surface area contributed by atoms with Crippen molar-refractivity contribution in [3.63, 3.8) is 0 Å². The Hall–Kier alpha value is -2.33. The van der Waals surface area contributed by atoms with Crippen molar-refractivity contribution in [3.05, 3.63) is 71.3 Å². The van der Waals surface area contributed by atoms with Crippen LogP contribution in [-0.4, -0.2) is 34.8 Å². The molecule has 3 aliphatic rings. The molecule has 4 heteroatoms. The minimum Gasteiger partial charge on any atom is -0.445 e. The Morgan fingerprint density at radius 3 is 2.57 bits per heavy atom. The average molecular weight is 406 g/mol. The van der Waals surface area contributed by atoms with E-state index in [0.717, 1.165) is 18.4 Å². The highest BCUT2D eigenvalue weighted by Gasteiger charge is 2.57. The van der Waals surface area contributed by atoms with Gasteiger partial charge in [0.05, 0.1) is 5.60 Å². The Labute approximate surface area is 178 Å². The van der Waals surface area contributed by atoms with Crippen molar-refractivity contribution >= 4 is 6.09 Å². The molecule has 2 aliphatic carbocycles. The third kappa shape index (κ3) is 3.74. The summed E-state index contributed by atoms with van der Waals surface area (Å²) < 4.78 is 5.45. The van der Waals surface area contributed by atoms with E-state index in [0.29, 0.717) is 43.9 Å². The van der Waals surface area contributed by atoms with E-state index >= 15 is 0 Å². The second kappa shape index (κ2) is 7.73. The van der Waals surface area contributed by atoms with E-state index in [1.807, 2.05) is 30.3 Å². The number of aryl methyl sites for hydroxylation is 1. The summed E-state index contributed by atoms with van der Waals surface area (Å²) in [6.07, 6.45) is 6.70. The fourth-order valence-electron chi connectivity index (χ4n) is 5.72. The zero-order chi connectivity index (χ0) is 20.6. The fourth-order valence-corrected chi connectivity index (χ4v) is 5.72. The molecule has 0 bridgehead atoms. The van der Waals surface area contributed by atoms with Gasteiger partial charge in [0, 0.05) is 13.1 Å². The number of ether oxygens (including phenoxy) is 1. The summed E-state index contributed by atoms with van der Waals surface area (Å²) >= 11 is 0. The summed E-state index contributed by atoms with van der Waals surface area (Å²) in [5.74, 6) is 0.707. The first-order valence-corrected chi connectivity index (χ1v) is 11.3. The molecule has 2 unspecified atom stereocenters. The molecule has 0 aromatic heterocycles. The van der Waals surface area contributed by atoms with E-state index in [-0.39, 0.29) is 6.09 Å². The second-order valence-corrected chi connectivity index (χ2v) is 9.50. The van der Waals surface area contributed by atoms with Crippen molar-refractivity contribution in [1.29, 1.82) is 0 Å². The van der Waals surface area contributed by atoms with Gasteiger partial charge in [-0.1, -0.05) is 54.6 Å². The highest BCUT2D eigenvalue weighted by Crippen LogP contribution is 2.63. The molecule has 0 radical (unpaired) electrons. The van der Waals surface area contributed by atoms with Gasteiger partial charge in [0.25, 0.3) is 0 Å². The molecule has 2 aromatic carbocycles. The van der Waals surface area contributed by atoms with Crippen molar-refractivity contribution < 1.29 is 14.6 Å². The van der Waals surface area contributed by atoms with Crippen molar-refractivity contribution in [1.82, 2.24) is 4.90 Å². The topological polar surface area (TPSA) is 49.8 Å². The van der Waals surface area contributed by atoms with E-state index in [2.05, 4.69) is 24.3 Å². The predicted octanol–water partition coefficient (Wildman–Crippen LogP) is 4.83. The van der Waals surface area contributed by atoms with E-state index in [1.165, 1.54) is 24.8 Å². The molecule has 2 aromatic rings. The first-order valence-electron chi connectivity index (χ1n) is 11.3. The molecule has 2 fully saturated rings. The van der Waals surface area contributed by atoms with E-state index in [9.17, 15) is 9.90 Å². The molecule has 1 N–H and O–H groups in total. The van der Waals surface area contributed by atoms with Crippen LogP contribution >= 0.6 is 0 Å². The Bertz CT molecular complexity index is 904. The quantitative estimate of drug-likeness (QED) is 0.775. The number of rotatable bonds is 5. The maximum Gasteiger partial charge on any atom is 0.410 e. The van der Waals surface area contributed by atoms with Gasteiger partial charge in [-0.05, 0) is 73.0 Å². The maximum atomic E-state index is 12.4. The number of fused-ring (bicyclic) bond motifs is 2. The molecule has 4 nitrogen and oxygen atoms in total. The molecule has 158 valence electrons. The Kier molecular flexibility index (Phi) is 5.06. The lowest BCUT2D eigenvalue weighted by molar-refractivity contribution is -0.0295. The van der Waals surface area contributed by atoms with Crippen LogP contribution in [-0.2, 0) is 23.2 Å². The largest absolute Gasteiger partial charge is 0.445 e. The molecule has 30 heavy (non-hydrogen) atoms. The van der Waals surface area contributed by atoms with Gasteiger partial charge in [0.2, 0.25) is 0 Å². The van der Waals surface area contributed by atoms with E-state index in [1.54, 1.807) is 10.5 Å². The van der Waals surface area contributed by atoms with Crippen LogP contribution < -0.4 is 0 Å². The molecule has 1 amide bonds. The van der Waals surface area contributed by atoms with Crippen LogP contribution in [0.5, 0.6) is 0 Å². The number of benzene rings is 2. The van der Waals surface area contributed by atoms with Crippen molar-refractivity contribution in [2.75, 3.05) is 13.1 Å². The van der Waals surface area contributed by atoms with Gasteiger partial charge < -0.3 is 14.7 Å². The summed E-state index contributed by atoms with van der Waals surface area (Å²) in [6, 6.07) is 18.7. The summed E-state index contributed by atoms with van der Waals surface area (Å²) in [7, 11) is 0. The zero-order valence-corrected chi connectivity index (χ0v) is 17.6. The number of carbonyl (C=O) groups is 1. The minimum atomic E-state index is -0.641. The number of aliphatic hydroxyl groups is 1. The molecule has 1 saturated carbocycles. The van der Waals surface area contributed by atoms with Crippen molar-refractivity contribution in [3.8, 4) is 0 Å². The van der Waals surface area contributed by atoms with Gasteiger partial charge in [-0.15, -0.1) is 0 Å². The normalized spacial score (nSPS) is 26.4. The number of likely N-dealkylation sites (tertiary alicyclic amines) is 1.